The number of ether oxygens (including phenoxy) is 1. The summed E-state index contributed by atoms with van der Waals surface area (Å²) in [5.41, 5.74) is 1.97. The van der Waals surface area contributed by atoms with Crippen molar-refractivity contribution in [3.05, 3.63) is 60.4 Å². The lowest BCUT2D eigenvalue weighted by atomic mass is 10.1. The van der Waals surface area contributed by atoms with Gasteiger partial charge in [-0.15, -0.1) is 0 Å². The predicted octanol–water partition coefficient (Wildman–Crippen LogP) is 2.82. The number of alkyl carbamates (subject to hydrolysis) is 1. The Bertz CT molecular complexity index is 990. The lowest BCUT2D eigenvalue weighted by Crippen LogP contribution is -2.51. The second kappa shape index (κ2) is 12.9. The molecule has 2 aliphatic heterocycles. The molecule has 9 heteroatoms. The number of pyridine rings is 1. The average Bonchev–Trinajstić information content (AvgIpc) is 2.95. The molecule has 9 nitrogen and oxygen atoms in total. The van der Waals surface area contributed by atoms with E-state index in [4.69, 9.17) is 4.74 Å². The summed E-state index contributed by atoms with van der Waals surface area (Å²) in [5, 5.41) is 2.73. The molecular formula is C27H35N5O4. The van der Waals surface area contributed by atoms with Gasteiger partial charge in [-0.3, -0.25) is 14.6 Å². The van der Waals surface area contributed by atoms with Crippen molar-refractivity contribution in [1.82, 2.24) is 20.1 Å². The summed E-state index contributed by atoms with van der Waals surface area (Å²) in [5.74, 6) is -0.137. The Morgan fingerprint density at radius 2 is 1.56 bits per heavy atom. The van der Waals surface area contributed by atoms with E-state index in [1.165, 1.54) is 0 Å². The number of benzene rings is 1. The normalized spacial score (nSPS) is 16.8. The minimum Gasteiger partial charge on any atom is -0.445 e. The number of likely N-dealkylation sites (tertiary alicyclic amines) is 1. The highest BCUT2D eigenvalue weighted by atomic mass is 16.5. The maximum atomic E-state index is 13.2. The molecule has 1 N–H and O–H groups in total. The fraction of sp³-hybridized carbons (Fsp3) is 0.481. The molecule has 3 amide bonds. The number of aromatic nitrogens is 1. The topological polar surface area (TPSA) is 95.1 Å². The molecule has 2 fully saturated rings. The van der Waals surface area contributed by atoms with E-state index in [0.29, 0.717) is 26.2 Å². The first-order chi connectivity index (χ1) is 17.6. The van der Waals surface area contributed by atoms with E-state index in [9.17, 15) is 14.4 Å². The molecule has 1 atom stereocenters. The second-order valence-electron chi connectivity index (χ2n) is 9.26. The summed E-state index contributed by atoms with van der Waals surface area (Å²) < 4.78 is 5.35. The second-order valence-corrected chi connectivity index (χ2v) is 9.26. The zero-order valence-electron chi connectivity index (χ0n) is 20.7. The number of carbonyl (C=O) groups is 3. The van der Waals surface area contributed by atoms with Crippen molar-refractivity contribution >= 4 is 23.6 Å². The number of piperazine rings is 1. The number of carbonyl (C=O) groups excluding carboxylic acids is 3. The SMILES string of the molecule is O=C(NC(CCC(=O)N1CCN(c2ccncc2)CC1)C(=O)N1CCCCC1)OCc1ccccc1. The van der Waals surface area contributed by atoms with Crippen LogP contribution in [-0.2, 0) is 20.9 Å². The Morgan fingerprint density at radius 1 is 0.861 bits per heavy atom. The summed E-state index contributed by atoms with van der Waals surface area (Å²) in [6, 6.07) is 12.5. The van der Waals surface area contributed by atoms with Gasteiger partial charge in [0, 0.05) is 63.8 Å². The number of amides is 3. The third-order valence-electron chi connectivity index (χ3n) is 6.78. The van der Waals surface area contributed by atoms with E-state index in [-0.39, 0.29) is 31.3 Å². The minimum atomic E-state index is -0.784. The van der Waals surface area contributed by atoms with Crippen LogP contribution in [0.25, 0.3) is 0 Å². The molecule has 1 aromatic carbocycles. The third-order valence-corrected chi connectivity index (χ3v) is 6.78. The lowest BCUT2D eigenvalue weighted by Gasteiger charge is -2.36. The molecular weight excluding hydrogens is 458 g/mol. The molecule has 1 aromatic heterocycles. The highest BCUT2D eigenvalue weighted by molar-refractivity contribution is 5.86. The van der Waals surface area contributed by atoms with Crippen LogP contribution >= 0.6 is 0 Å². The molecule has 192 valence electrons. The highest BCUT2D eigenvalue weighted by Gasteiger charge is 2.29. The summed E-state index contributed by atoms with van der Waals surface area (Å²) in [4.78, 5) is 48.6. The van der Waals surface area contributed by atoms with E-state index in [2.05, 4.69) is 15.2 Å². The molecule has 2 saturated heterocycles. The summed E-state index contributed by atoms with van der Waals surface area (Å²) >= 11 is 0. The van der Waals surface area contributed by atoms with Crippen molar-refractivity contribution in [2.75, 3.05) is 44.2 Å². The standard InChI is InChI=1S/C27H35N5O4/c33-25(31-19-17-30(18-20-31)23-11-13-28-14-12-23)10-9-24(26(34)32-15-5-2-6-16-32)29-27(35)36-21-22-7-3-1-4-8-22/h1,3-4,7-8,11-14,24H,2,5-6,9-10,15-21H2,(H,29,35). The van der Waals surface area contributed by atoms with Gasteiger partial charge in [0.15, 0.2) is 0 Å². The van der Waals surface area contributed by atoms with Crippen LogP contribution in [-0.4, -0.2) is 78.0 Å². The summed E-state index contributed by atoms with van der Waals surface area (Å²) in [7, 11) is 0. The molecule has 2 aliphatic rings. The first-order valence-corrected chi connectivity index (χ1v) is 12.8. The van der Waals surface area contributed by atoms with Crippen molar-refractivity contribution in [3.8, 4) is 0 Å². The van der Waals surface area contributed by atoms with E-state index in [1.54, 1.807) is 17.3 Å². The number of piperidine rings is 1. The maximum absolute atomic E-state index is 13.2. The molecule has 0 aliphatic carbocycles. The quantitative estimate of drug-likeness (QED) is 0.608. The molecule has 2 aromatic rings. The van der Waals surface area contributed by atoms with Crippen molar-refractivity contribution < 1.29 is 19.1 Å². The molecule has 3 heterocycles. The monoisotopic (exact) mass is 493 g/mol. The van der Waals surface area contributed by atoms with Gasteiger partial charge < -0.3 is 24.8 Å². The maximum Gasteiger partial charge on any atom is 0.408 e. The van der Waals surface area contributed by atoms with Crippen LogP contribution in [0.5, 0.6) is 0 Å². The first kappa shape index (κ1) is 25.5. The van der Waals surface area contributed by atoms with Gasteiger partial charge in [0.05, 0.1) is 0 Å². The molecule has 0 spiro atoms. The predicted molar refractivity (Wildman–Crippen MR) is 136 cm³/mol. The molecule has 0 saturated carbocycles. The smallest absolute Gasteiger partial charge is 0.408 e. The van der Waals surface area contributed by atoms with Gasteiger partial charge in [-0.1, -0.05) is 30.3 Å². The fourth-order valence-electron chi connectivity index (χ4n) is 4.69. The molecule has 0 bridgehead atoms. The van der Waals surface area contributed by atoms with Crippen LogP contribution in [0.4, 0.5) is 10.5 Å². The Balaban J connectivity index is 1.30. The van der Waals surface area contributed by atoms with Gasteiger partial charge in [0.2, 0.25) is 11.8 Å². The highest BCUT2D eigenvalue weighted by Crippen LogP contribution is 2.17. The largest absolute Gasteiger partial charge is 0.445 e. The van der Waals surface area contributed by atoms with Crippen LogP contribution in [0.15, 0.2) is 54.9 Å². The van der Waals surface area contributed by atoms with Gasteiger partial charge >= 0.3 is 6.09 Å². The van der Waals surface area contributed by atoms with Crippen LogP contribution < -0.4 is 10.2 Å². The Morgan fingerprint density at radius 3 is 2.25 bits per heavy atom. The van der Waals surface area contributed by atoms with Crippen molar-refractivity contribution in [1.29, 1.82) is 0 Å². The van der Waals surface area contributed by atoms with Crippen molar-refractivity contribution in [3.63, 3.8) is 0 Å². The van der Waals surface area contributed by atoms with Crippen LogP contribution in [0.1, 0.15) is 37.7 Å². The summed E-state index contributed by atoms with van der Waals surface area (Å²) in [6.45, 7) is 4.22. The zero-order chi connectivity index (χ0) is 25.2. The molecule has 0 radical (unpaired) electrons. The number of nitrogens with one attached hydrogen (secondary N) is 1. The van der Waals surface area contributed by atoms with Crippen molar-refractivity contribution in [2.24, 2.45) is 0 Å². The molecule has 4 rings (SSSR count). The van der Waals surface area contributed by atoms with Gasteiger partial charge in [0.1, 0.15) is 12.6 Å². The summed E-state index contributed by atoms with van der Waals surface area (Å²) in [6.07, 6.45) is 6.35. The van der Waals surface area contributed by atoms with E-state index in [1.807, 2.05) is 47.4 Å². The Kier molecular flexibility index (Phi) is 9.13. The van der Waals surface area contributed by atoms with Crippen LogP contribution in [0.2, 0.25) is 0 Å². The number of hydrogen-bond donors (Lipinski definition) is 1. The lowest BCUT2D eigenvalue weighted by molar-refractivity contribution is -0.135. The van der Waals surface area contributed by atoms with Gasteiger partial charge in [0.25, 0.3) is 0 Å². The Labute approximate surface area is 212 Å². The first-order valence-electron chi connectivity index (χ1n) is 12.8. The number of anilines is 1. The number of hydrogen-bond acceptors (Lipinski definition) is 6. The van der Waals surface area contributed by atoms with Gasteiger partial charge in [-0.25, -0.2) is 4.79 Å². The third kappa shape index (κ3) is 7.19. The minimum absolute atomic E-state index is 0.000255. The number of rotatable bonds is 8. The van der Waals surface area contributed by atoms with E-state index in [0.717, 1.165) is 43.6 Å². The molecule has 1 unspecified atom stereocenters. The van der Waals surface area contributed by atoms with E-state index >= 15 is 0 Å². The number of nitrogens with zero attached hydrogens (tertiary/aromatic N) is 4. The fourth-order valence-corrected chi connectivity index (χ4v) is 4.69. The molecule has 36 heavy (non-hydrogen) atoms. The Hall–Kier alpha value is -3.62. The van der Waals surface area contributed by atoms with E-state index < -0.39 is 12.1 Å². The van der Waals surface area contributed by atoms with Crippen molar-refractivity contribution in [2.45, 2.75) is 44.8 Å². The van der Waals surface area contributed by atoms with Gasteiger partial charge in [-0.05, 0) is 43.4 Å². The van der Waals surface area contributed by atoms with Gasteiger partial charge in [-0.2, -0.15) is 0 Å². The van der Waals surface area contributed by atoms with Crippen LogP contribution in [0, 0.1) is 0 Å². The van der Waals surface area contributed by atoms with Crippen LogP contribution in [0.3, 0.4) is 0 Å². The zero-order valence-corrected chi connectivity index (χ0v) is 20.7. The average molecular weight is 494 g/mol.